The molecular weight excluding hydrogens is 260 g/mol. The molecular formula is C14H12N2O2S. The van der Waals surface area contributed by atoms with Crippen LogP contribution in [0.25, 0.3) is 0 Å². The summed E-state index contributed by atoms with van der Waals surface area (Å²) in [6.45, 7) is 0.680. The van der Waals surface area contributed by atoms with Crippen LogP contribution in [0.1, 0.15) is 10.4 Å². The molecule has 0 atom stereocenters. The molecule has 0 aliphatic carbocycles. The molecule has 0 fully saturated rings. The van der Waals surface area contributed by atoms with E-state index >= 15 is 0 Å². The monoisotopic (exact) mass is 272 g/mol. The number of aromatic amines is 1. The Morgan fingerprint density at radius 2 is 2.05 bits per heavy atom. The van der Waals surface area contributed by atoms with Gasteiger partial charge in [0.1, 0.15) is 0 Å². The molecule has 1 aromatic carbocycles. The topological polar surface area (TPSA) is 53.2 Å². The maximum atomic E-state index is 12.5. The Balaban J connectivity index is 1.97. The number of H-pyrrole nitrogens is 1. The third kappa shape index (κ3) is 2.29. The lowest BCUT2D eigenvalue weighted by Crippen LogP contribution is -2.35. The van der Waals surface area contributed by atoms with Gasteiger partial charge in [-0.05, 0) is 18.2 Å². The highest BCUT2D eigenvalue weighted by Gasteiger charge is 2.23. The Morgan fingerprint density at radius 3 is 2.84 bits per heavy atom. The molecule has 0 saturated carbocycles. The third-order valence-corrected chi connectivity index (χ3v) is 4.05. The predicted molar refractivity (Wildman–Crippen MR) is 75.9 cm³/mol. The number of fused-ring (bicyclic) bond motifs is 1. The summed E-state index contributed by atoms with van der Waals surface area (Å²) in [5, 5.41) is 0. The van der Waals surface area contributed by atoms with E-state index in [0.717, 1.165) is 16.3 Å². The lowest BCUT2D eigenvalue weighted by Gasteiger charge is -2.28. The van der Waals surface area contributed by atoms with Gasteiger partial charge in [0.25, 0.3) is 5.91 Å². The second kappa shape index (κ2) is 4.93. The van der Waals surface area contributed by atoms with E-state index in [-0.39, 0.29) is 11.5 Å². The van der Waals surface area contributed by atoms with Crippen molar-refractivity contribution in [3.8, 4) is 0 Å². The number of thioether (sulfide) groups is 1. The van der Waals surface area contributed by atoms with Crippen molar-refractivity contribution in [1.29, 1.82) is 0 Å². The fourth-order valence-electron chi connectivity index (χ4n) is 2.08. The molecule has 0 bridgehead atoms. The first kappa shape index (κ1) is 12.0. The van der Waals surface area contributed by atoms with E-state index in [9.17, 15) is 9.59 Å². The molecule has 1 aliphatic rings. The van der Waals surface area contributed by atoms with Gasteiger partial charge >= 0.3 is 0 Å². The van der Waals surface area contributed by atoms with Crippen LogP contribution >= 0.6 is 11.8 Å². The number of benzene rings is 1. The second-order valence-corrected chi connectivity index (χ2v) is 5.35. The molecule has 0 unspecified atom stereocenters. The number of hydrogen-bond acceptors (Lipinski definition) is 3. The molecule has 0 saturated heterocycles. The van der Waals surface area contributed by atoms with Gasteiger partial charge < -0.3 is 9.88 Å². The molecule has 0 spiro atoms. The summed E-state index contributed by atoms with van der Waals surface area (Å²) < 4.78 is 0. The van der Waals surface area contributed by atoms with E-state index in [4.69, 9.17) is 0 Å². The number of nitrogens with one attached hydrogen (secondary N) is 1. The highest BCUT2D eigenvalue weighted by molar-refractivity contribution is 7.99. The van der Waals surface area contributed by atoms with Gasteiger partial charge in [-0.2, -0.15) is 0 Å². The van der Waals surface area contributed by atoms with Gasteiger partial charge in [-0.15, -0.1) is 11.8 Å². The first-order chi connectivity index (χ1) is 9.25. The van der Waals surface area contributed by atoms with Gasteiger partial charge in [0.15, 0.2) is 0 Å². The molecule has 4 nitrogen and oxygen atoms in total. The van der Waals surface area contributed by atoms with Crippen LogP contribution in [0.4, 0.5) is 5.69 Å². The minimum absolute atomic E-state index is 0.0796. The molecule has 96 valence electrons. The largest absolute Gasteiger partial charge is 0.328 e. The number of hydrogen-bond donors (Lipinski definition) is 1. The minimum Gasteiger partial charge on any atom is -0.328 e. The molecule has 1 amide bonds. The summed E-state index contributed by atoms with van der Waals surface area (Å²) >= 11 is 1.76. The van der Waals surface area contributed by atoms with Crippen LogP contribution in [0.15, 0.2) is 52.3 Å². The van der Waals surface area contributed by atoms with Crippen molar-refractivity contribution in [2.45, 2.75) is 4.90 Å². The number of carbonyl (C=O) groups is 1. The number of rotatable bonds is 1. The van der Waals surface area contributed by atoms with Crippen molar-refractivity contribution >= 4 is 23.4 Å². The number of aromatic nitrogens is 1. The van der Waals surface area contributed by atoms with E-state index in [1.807, 2.05) is 24.3 Å². The number of pyridine rings is 1. The summed E-state index contributed by atoms with van der Waals surface area (Å²) in [5.74, 6) is 0.801. The van der Waals surface area contributed by atoms with Crippen LogP contribution < -0.4 is 10.5 Å². The average molecular weight is 272 g/mol. The van der Waals surface area contributed by atoms with Gasteiger partial charge in [-0.25, -0.2) is 0 Å². The van der Waals surface area contributed by atoms with Crippen molar-refractivity contribution in [3.05, 3.63) is 58.5 Å². The van der Waals surface area contributed by atoms with Crippen LogP contribution in [-0.4, -0.2) is 23.2 Å². The van der Waals surface area contributed by atoms with E-state index in [2.05, 4.69) is 4.98 Å². The van der Waals surface area contributed by atoms with Crippen LogP contribution in [0, 0.1) is 0 Å². The molecule has 0 radical (unpaired) electrons. The van der Waals surface area contributed by atoms with Crippen LogP contribution in [0.5, 0.6) is 0 Å². The normalized spacial score (nSPS) is 14.0. The van der Waals surface area contributed by atoms with Gasteiger partial charge in [0.05, 0.1) is 11.3 Å². The zero-order valence-electron chi connectivity index (χ0n) is 10.1. The number of amides is 1. The van der Waals surface area contributed by atoms with E-state index in [1.165, 1.54) is 12.3 Å². The molecule has 1 aliphatic heterocycles. The van der Waals surface area contributed by atoms with E-state index in [0.29, 0.717) is 12.1 Å². The Hall–Kier alpha value is -2.01. The Morgan fingerprint density at radius 1 is 1.21 bits per heavy atom. The quantitative estimate of drug-likeness (QED) is 0.865. The molecule has 1 aromatic heterocycles. The molecule has 1 N–H and O–H groups in total. The van der Waals surface area contributed by atoms with E-state index in [1.54, 1.807) is 22.7 Å². The van der Waals surface area contributed by atoms with Crippen molar-refractivity contribution in [2.75, 3.05) is 17.2 Å². The van der Waals surface area contributed by atoms with Crippen LogP contribution in [0.3, 0.4) is 0 Å². The van der Waals surface area contributed by atoms with Gasteiger partial charge in [-0.1, -0.05) is 12.1 Å². The second-order valence-electron chi connectivity index (χ2n) is 4.21. The number of anilines is 1. The minimum atomic E-state index is -0.203. The lowest BCUT2D eigenvalue weighted by atomic mass is 10.2. The maximum absolute atomic E-state index is 12.5. The zero-order chi connectivity index (χ0) is 13.2. The number of carbonyl (C=O) groups excluding carboxylic acids is 1. The average Bonchev–Trinajstić information content (AvgIpc) is 2.47. The third-order valence-electron chi connectivity index (χ3n) is 3.00. The maximum Gasteiger partial charge on any atom is 0.259 e. The Bertz CT molecular complexity index is 661. The summed E-state index contributed by atoms with van der Waals surface area (Å²) in [4.78, 5) is 28.9. The van der Waals surface area contributed by atoms with Crippen LogP contribution in [-0.2, 0) is 0 Å². The van der Waals surface area contributed by atoms with E-state index < -0.39 is 0 Å². The highest BCUT2D eigenvalue weighted by Crippen LogP contribution is 2.34. The molecule has 3 rings (SSSR count). The van der Waals surface area contributed by atoms with Crippen molar-refractivity contribution in [3.63, 3.8) is 0 Å². The van der Waals surface area contributed by atoms with Gasteiger partial charge in [0.2, 0.25) is 5.56 Å². The Kier molecular flexibility index (Phi) is 3.13. The fraction of sp³-hybridized carbons (Fsp3) is 0.143. The smallest absolute Gasteiger partial charge is 0.259 e. The Labute approximate surface area is 114 Å². The highest BCUT2D eigenvalue weighted by atomic mass is 32.2. The zero-order valence-corrected chi connectivity index (χ0v) is 10.9. The summed E-state index contributed by atoms with van der Waals surface area (Å²) in [6, 6.07) is 10.8. The standard InChI is InChI=1S/C14H12N2O2S/c17-13-6-5-10(9-15-13)14(18)16-7-8-19-12-4-2-1-3-11(12)16/h1-6,9H,7-8H2,(H,15,17). The summed E-state index contributed by atoms with van der Waals surface area (Å²) in [6.07, 6.45) is 1.47. The predicted octanol–water partition coefficient (Wildman–Crippen LogP) is 2.13. The van der Waals surface area contributed by atoms with Crippen molar-refractivity contribution < 1.29 is 4.79 Å². The molecule has 2 heterocycles. The number of nitrogens with zero attached hydrogens (tertiary/aromatic N) is 1. The van der Waals surface area contributed by atoms with Crippen LogP contribution in [0.2, 0.25) is 0 Å². The SMILES string of the molecule is O=C(c1ccc(=O)[nH]c1)N1CCSc2ccccc21. The first-order valence-corrected chi connectivity index (χ1v) is 6.97. The lowest BCUT2D eigenvalue weighted by molar-refractivity contribution is 0.0987. The van der Waals surface area contributed by atoms with Crippen molar-refractivity contribution in [2.24, 2.45) is 0 Å². The first-order valence-electron chi connectivity index (χ1n) is 5.98. The number of para-hydroxylation sites is 1. The van der Waals surface area contributed by atoms with Gasteiger partial charge in [-0.3, -0.25) is 9.59 Å². The van der Waals surface area contributed by atoms with Crippen molar-refractivity contribution in [1.82, 2.24) is 4.98 Å². The summed E-state index contributed by atoms with van der Waals surface area (Å²) in [7, 11) is 0. The summed E-state index contributed by atoms with van der Waals surface area (Å²) in [5.41, 5.74) is 1.24. The molecule has 19 heavy (non-hydrogen) atoms. The fourth-order valence-corrected chi connectivity index (χ4v) is 3.07. The van der Waals surface area contributed by atoms with Gasteiger partial charge in [0, 0.05) is 29.5 Å². The molecule has 5 heteroatoms. The molecule has 2 aromatic rings.